The van der Waals surface area contributed by atoms with Gasteiger partial charge in [0.1, 0.15) is 5.54 Å². The Bertz CT molecular complexity index is 382. The Labute approximate surface area is 123 Å². The minimum atomic E-state index is -0.291. The van der Waals surface area contributed by atoms with Crippen LogP contribution in [-0.2, 0) is 0 Å². The molecule has 2 saturated carbocycles. The van der Waals surface area contributed by atoms with Gasteiger partial charge in [-0.05, 0) is 64.3 Å². The summed E-state index contributed by atoms with van der Waals surface area (Å²) < 4.78 is 0. The van der Waals surface area contributed by atoms with E-state index in [1.165, 1.54) is 51.5 Å². The molecule has 1 N–H and O–H groups in total. The van der Waals surface area contributed by atoms with E-state index in [4.69, 9.17) is 0 Å². The van der Waals surface area contributed by atoms with Crippen molar-refractivity contribution >= 4 is 0 Å². The molecule has 1 heterocycles. The summed E-state index contributed by atoms with van der Waals surface area (Å²) in [4.78, 5) is 2.65. The molecular weight excluding hydrogens is 246 g/mol. The van der Waals surface area contributed by atoms with Gasteiger partial charge in [-0.3, -0.25) is 10.2 Å². The van der Waals surface area contributed by atoms with Crippen LogP contribution in [0, 0.1) is 23.2 Å². The lowest BCUT2D eigenvalue weighted by atomic mass is 9.84. The lowest BCUT2D eigenvalue weighted by Gasteiger charge is -2.38. The highest BCUT2D eigenvalue weighted by Crippen LogP contribution is 2.43. The van der Waals surface area contributed by atoms with Crippen LogP contribution in [0.4, 0.5) is 0 Å². The van der Waals surface area contributed by atoms with Gasteiger partial charge in [-0.1, -0.05) is 12.8 Å². The zero-order valence-corrected chi connectivity index (χ0v) is 13.1. The maximum absolute atomic E-state index is 9.85. The number of nitrogens with one attached hydrogen (secondary N) is 1. The van der Waals surface area contributed by atoms with Crippen LogP contribution in [-0.4, -0.2) is 35.6 Å². The highest BCUT2D eigenvalue weighted by atomic mass is 15.2. The molecule has 3 nitrogen and oxygen atoms in total. The summed E-state index contributed by atoms with van der Waals surface area (Å²) in [6, 6.07) is 3.84. The number of fused-ring (bicyclic) bond motifs is 1. The van der Waals surface area contributed by atoms with Crippen LogP contribution in [0.15, 0.2) is 0 Å². The molecule has 1 aliphatic heterocycles. The number of hydrogen-bond donors (Lipinski definition) is 1. The molecule has 3 unspecified atom stereocenters. The summed E-state index contributed by atoms with van der Waals surface area (Å²) in [6.07, 6.45) is 9.41. The molecule has 0 bridgehead atoms. The smallest absolute Gasteiger partial charge is 0.122 e. The monoisotopic (exact) mass is 275 g/mol. The molecule has 0 spiro atoms. The van der Waals surface area contributed by atoms with Crippen molar-refractivity contribution in [1.29, 1.82) is 5.26 Å². The molecule has 0 aromatic rings. The van der Waals surface area contributed by atoms with Crippen molar-refractivity contribution in [3.8, 4) is 6.07 Å². The highest BCUT2D eigenvalue weighted by molar-refractivity contribution is 5.18. The Kier molecular flexibility index (Phi) is 4.06. The summed E-state index contributed by atoms with van der Waals surface area (Å²) in [6.45, 7) is 6.50. The molecular formula is C17H29N3. The van der Waals surface area contributed by atoms with Crippen molar-refractivity contribution in [1.82, 2.24) is 10.2 Å². The first-order chi connectivity index (χ1) is 9.64. The molecule has 0 amide bonds. The fraction of sp³-hybridized carbons (Fsp3) is 0.941. The van der Waals surface area contributed by atoms with Gasteiger partial charge in [0, 0.05) is 18.6 Å². The van der Waals surface area contributed by atoms with Gasteiger partial charge < -0.3 is 0 Å². The third-order valence-corrected chi connectivity index (χ3v) is 5.60. The van der Waals surface area contributed by atoms with Crippen LogP contribution < -0.4 is 5.32 Å². The summed E-state index contributed by atoms with van der Waals surface area (Å²) in [5.41, 5.74) is -0.291. The van der Waals surface area contributed by atoms with E-state index in [-0.39, 0.29) is 5.54 Å². The number of nitriles is 1. The SMILES string of the molecule is CC(C)NC(C#N)(CN1CCC2CCCCC21)C1CC1. The second-order valence-electron chi connectivity index (χ2n) is 7.53. The number of rotatable bonds is 5. The molecule has 20 heavy (non-hydrogen) atoms. The van der Waals surface area contributed by atoms with Gasteiger partial charge in [-0.15, -0.1) is 0 Å². The lowest BCUT2D eigenvalue weighted by Crippen LogP contribution is -2.57. The van der Waals surface area contributed by atoms with Crippen LogP contribution in [0.2, 0.25) is 0 Å². The minimum absolute atomic E-state index is 0.291. The van der Waals surface area contributed by atoms with Crippen molar-refractivity contribution < 1.29 is 0 Å². The summed E-state index contributed by atoms with van der Waals surface area (Å²) in [7, 11) is 0. The third-order valence-electron chi connectivity index (χ3n) is 5.60. The topological polar surface area (TPSA) is 39.1 Å². The first-order valence-corrected chi connectivity index (χ1v) is 8.57. The summed E-state index contributed by atoms with van der Waals surface area (Å²) in [5, 5.41) is 13.5. The normalized spacial score (nSPS) is 33.7. The number of likely N-dealkylation sites (tertiary alicyclic amines) is 1. The van der Waals surface area contributed by atoms with E-state index >= 15 is 0 Å². The third kappa shape index (κ3) is 2.73. The maximum Gasteiger partial charge on any atom is 0.122 e. The van der Waals surface area contributed by atoms with Crippen molar-refractivity contribution in [3.63, 3.8) is 0 Å². The zero-order chi connectivity index (χ0) is 14.2. The van der Waals surface area contributed by atoms with Gasteiger partial charge in [0.15, 0.2) is 0 Å². The average Bonchev–Trinajstić information content (AvgIpc) is 3.22. The molecule has 0 aromatic heterocycles. The van der Waals surface area contributed by atoms with Gasteiger partial charge in [-0.25, -0.2) is 0 Å². The zero-order valence-electron chi connectivity index (χ0n) is 13.1. The van der Waals surface area contributed by atoms with E-state index in [2.05, 4.69) is 30.1 Å². The molecule has 0 aromatic carbocycles. The van der Waals surface area contributed by atoms with Crippen molar-refractivity contribution in [2.24, 2.45) is 11.8 Å². The molecule has 1 saturated heterocycles. The predicted molar refractivity (Wildman–Crippen MR) is 81.3 cm³/mol. The number of hydrogen-bond acceptors (Lipinski definition) is 3. The largest absolute Gasteiger partial charge is 0.297 e. The van der Waals surface area contributed by atoms with Crippen molar-refractivity contribution in [2.75, 3.05) is 13.1 Å². The van der Waals surface area contributed by atoms with E-state index in [1.807, 2.05) is 0 Å². The molecule has 112 valence electrons. The molecule has 3 atom stereocenters. The molecule has 2 aliphatic carbocycles. The first-order valence-electron chi connectivity index (χ1n) is 8.57. The minimum Gasteiger partial charge on any atom is -0.297 e. The van der Waals surface area contributed by atoms with Gasteiger partial charge in [-0.2, -0.15) is 5.26 Å². The predicted octanol–water partition coefficient (Wildman–Crippen LogP) is 2.92. The van der Waals surface area contributed by atoms with Gasteiger partial charge in [0.05, 0.1) is 6.07 Å². The standard InChI is InChI=1S/C17H29N3/c1-13(2)19-17(11-18,15-7-8-15)12-20-10-9-14-5-3-4-6-16(14)20/h13-16,19H,3-10,12H2,1-2H3. The Morgan fingerprint density at radius 2 is 1.95 bits per heavy atom. The lowest BCUT2D eigenvalue weighted by molar-refractivity contribution is 0.138. The second-order valence-corrected chi connectivity index (χ2v) is 7.53. The van der Waals surface area contributed by atoms with Crippen LogP contribution in [0.3, 0.4) is 0 Å². The van der Waals surface area contributed by atoms with Gasteiger partial charge in [0.25, 0.3) is 0 Å². The van der Waals surface area contributed by atoms with Crippen LogP contribution in [0.1, 0.15) is 58.8 Å². The summed E-state index contributed by atoms with van der Waals surface area (Å²) >= 11 is 0. The maximum atomic E-state index is 9.85. The Morgan fingerprint density at radius 1 is 1.20 bits per heavy atom. The highest BCUT2D eigenvalue weighted by Gasteiger charge is 2.49. The van der Waals surface area contributed by atoms with Gasteiger partial charge in [0.2, 0.25) is 0 Å². The number of nitrogens with zero attached hydrogens (tertiary/aromatic N) is 2. The Morgan fingerprint density at radius 3 is 2.60 bits per heavy atom. The fourth-order valence-electron chi connectivity index (χ4n) is 4.56. The average molecular weight is 275 g/mol. The van der Waals surface area contributed by atoms with E-state index in [0.717, 1.165) is 18.5 Å². The van der Waals surface area contributed by atoms with E-state index in [9.17, 15) is 5.26 Å². The van der Waals surface area contributed by atoms with Crippen LogP contribution in [0.25, 0.3) is 0 Å². The quantitative estimate of drug-likeness (QED) is 0.838. The second kappa shape index (κ2) is 5.66. The molecule has 0 radical (unpaired) electrons. The molecule has 3 heteroatoms. The van der Waals surface area contributed by atoms with E-state index in [1.54, 1.807) is 0 Å². The Hall–Kier alpha value is -0.590. The van der Waals surface area contributed by atoms with E-state index in [0.29, 0.717) is 12.0 Å². The summed E-state index contributed by atoms with van der Waals surface area (Å²) in [5.74, 6) is 1.50. The van der Waals surface area contributed by atoms with Crippen LogP contribution in [0.5, 0.6) is 0 Å². The van der Waals surface area contributed by atoms with Crippen molar-refractivity contribution in [3.05, 3.63) is 0 Å². The van der Waals surface area contributed by atoms with Crippen molar-refractivity contribution in [2.45, 2.75) is 76.4 Å². The Balaban J connectivity index is 1.71. The van der Waals surface area contributed by atoms with Crippen LogP contribution >= 0.6 is 0 Å². The molecule has 3 aliphatic rings. The molecule has 3 rings (SSSR count). The molecule has 3 fully saturated rings. The van der Waals surface area contributed by atoms with E-state index < -0.39 is 0 Å². The first kappa shape index (κ1) is 14.4. The van der Waals surface area contributed by atoms with Gasteiger partial charge >= 0.3 is 0 Å². The fourth-order valence-corrected chi connectivity index (χ4v) is 4.56.